The summed E-state index contributed by atoms with van der Waals surface area (Å²) in [6, 6.07) is -1.52. The summed E-state index contributed by atoms with van der Waals surface area (Å²) in [4.78, 5) is 5.13. The topological polar surface area (TPSA) is 150 Å². The van der Waals surface area contributed by atoms with E-state index in [0.29, 0.717) is 0 Å². The van der Waals surface area contributed by atoms with Crippen molar-refractivity contribution in [2.45, 2.75) is 24.3 Å². The first kappa shape index (κ1) is 11.6. The fourth-order valence-electron chi connectivity index (χ4n) is 1.43. The van der Waals surface area contributed by atoms with Crippen LogP contribution in [-0.2, 0) is 0 Å². The highest BCUT2D eigenvalue weighted by Gasteiger charge is 2.33. The molecule has 0 amide bonds. The maximum absolute atomic E-state index is 9.61. The van der Waals surface area contributed by atoms with Gasteiger partial charge in [-0.25, -0.2) is 0 Å². The summed E-state index contributed by atoms with van der Waals surface area (Å²) < 4.78 is 0. The molecule has 0 aromatic carbocycles. The summed E-state index contributed by atoms with van der Waals surface area (Å²) in [5.41, 5.74) is 16.5. The van der Waals surface area contributed by atoms with Gasteiger partial charge in [-0.3, -0.25) is 0 Å². The summed E-state index contributed by atoms with van der Waals surface area (Å²) in [5.74, 6) is 0. The van der Waals surface area contributed by atoms with E-state index < -0.39 is 24.3 Å². The molecule has 0 aliphatic carbocycles. The normalized spacial score (nSPS) is 35.9. The van der Waals surface area contributed by atoms with Gasteiger partial charge in [-0.15, -0.1) is 0 Å². The lowest BCUT2D eigenvalue weighted by Crippen LogP contribution is -2.42. The molecule has 1 heterocycles. The van der Waals surface area contributed by atoms with E-state index in [1.165, 1.54) is 0 Å². The van der Waals surface area contributed by atoms with Crippen LogP contribution < -0.4 is 5.32 Å². The molecular weight excluding hydrogens is 202 g/mol. The molecule has 0 bridgehead atoms. The van der Waals surface area contributed by atoms with E-state index in [9.17, 15) is 10.2 Å². The molecule has 0 aromatic heterocycles. The fraction of sp³-hybridized carbons (Fsp3) is 1.00. The van der Waals surface area contributed by atoms with Gasteiger partial charge in [0.15, 0.2) is 0 Å². The quantitative estimate of drug-likeness (QED) is 0.327. The van der Waals surface area contributed by atoms with Gasteiger partial charge in [-0.1, -0.05) is 10.2 Å². The maximum Gasteiger partial charge on any atom is 0.0900 e. The Morgan fingerprint density at radius 3 is 1.73 bits per heavy atom. The smallest absolute Gasteiger partial charge is 0.0900 e. The van der Waals surface area contributed by atoms with Gasteiger partial charge < -0.3 is 15.5 Å². The molecule has 15 heavy (non-hydrogen) atoms. The average molecular weight is 213 g/mol. The van der Waals surface area contributed by atoms with Crippen molar-refractivity contribution in [3.63, 3.8) is 0 Å². The molecule has 1 fully saturated rings. The summed E-state index contributed by atoms with van der Waals surface area (Å²) in [6.07, 6.45) is -2.46. The minimum atomic E-state index is -1.23. The number of hydrogen-bond donors (Lipinski definition) is 3. The van der Waals surface area contributed by atoms with Crippen molar-refractivity contribution in [2.75, 3.05) is 13.1 Å². The molecule has 1 saturated heterocycles. The molecule has 1 aliphatic heterocycles. The molecule has 4 atom stereocenters. The van der Waals surface area contributed by atoms with Crippen molar-refractivity contribution in [3.8, 4) is 0 Å². The molecule has 82 valence electrons. The van der Waals surface area contributed by atoms with E-state index in [2.05, 4.69) is 25.4 Å². The van der Waals surface area contributed by atoms with Crippen LogP contribution in [0.25, 0.3) is 20.9 Å². The van der Waals surface area contributed by atoms with Crippen LogP contribution >= 0.6 is 0 Å². The van der Waals surface area contributed by atoms with Crippen molar-refractivity contribution in [2.24, 2.45) is 10.2 Å². The number of aliphatic hydroxyl groups is 2. The molecule has 1 rings (SSSR count). The van der Waals surface area contributed by atoms with Gasteiger partial charge in [-0.2, -0.15) is 0 Å². The predicted octanol–water partition coefficient (Wildman–Crippen LogP) is -0.331. The van der Waals surface area contributed by atoms with Crippen LogP contribution in [0.3, 0.4) is 0 Å². The van der Waals surface area contributed by atoms with Crippen molar-refractivity contribution >= 4 is 0 Å². The number of nitrogens with one attached hydrogen (secondary N) is 1. The van der Waals surface area contributed by atoms with E-state index in [1.54, 1.807) is 0 Å². The lowest BCUT2D eigenvalue weighted by Gasteiger charge is -2.22. The van der Waals surface area contributed by atoms with Crippen LogP contribution in [0.2, 0.25) is 0 Å². The van der Waals surface area contributed by atoms with Gasteiger partial charge in [0, 0.05) is 22.9 Å². The zero-order valence-corrected chi connectivity index (χ0v) is 7.80. The Bertz CT molecular complexity index is 279. The SMILES string of the molecule is [N-]=[N+]=N[C@H]1CNC[C@H](N=[N+]=[N-])[C@@H](O)[C@@H]1O. The van der Waals surface area contributed by atoms with E-state index in [1.807, 2.05) is 0 Å². The predicted molar refractivity (Wildman–Crippen MR) is 50.8 cm³/mol. The van der Waals surface area contributed by atoms with Crippen LogP contribution in [0.15, 0.2) is 10.2 Å². The summed E-state index contributed by atoms with van der Waals surface area (Å²) >= 11 is 0. The highest BCUT2D eigenvalue weighted by Crippen LogP contribution is 2.13. The number of rotatable bonds is 2. The first-order valence-electron chi connectivity index (χ1n) is 4.36. The second-order valence-electron chi connectivity index (χ2n) is 3.18. The second kappa shape index (κ2) is 5.40. The zero-order valence-electron chi connectivity index (χ0n) is 7.80. The van der Waals surface area contributed by atoms with Crippen molar-refractivity contribution < 1.29 is 10.2 Å². The Hall–Kier alpha value is -1.50. The second-order valence-corrected chi connectivity index (χ2v) is 3.18. The number of aliphatic hydroxyl groups excluding tert-OH is 2. The molecular formula is C6H11N7O2. The maximum atomic E-state index is 9.61. The van der Waals surface area contributed by atoms with Gasteiger partial charge in [-0.05, 0) is 11.1 Å². The number of hydrogen-bond acceptors (Lipinski definition) is 5. The van der Waals surface area contributed by atoms with Gasteiger partial charge in [0.05, 0.1) is 24.3 Å². The van der Waals surface area contributed by atoms with Crippen LogP contribution in [-0.4, -0.2) is 47.6 Å². The van der Waals surface area contributed by atoms with Gasteiger partial charge in [0.2, 0.25) is 0 Å². The third kappa shape index (κ3) is 2.72. The Morgan fingerprint density at radius 1 is 1.00 bits per heavy atom. The standard InChI is InChI=1S/C6H11N7O2/c7-12-10-3-1-9-2-4(11-13-8)6(15)5(3)14/h3-6,9,14-15H,1-2H2/t3-,4-,5+,6+/m0/s1. The van der Waals surface area contributed by atoms with E-state index in [4.69, 9.17) is 11.1 Å². The summed E-state index contributed by atoms with van der Waals surface area (Å²) in [5, 5.41) is 28.7. The monoisotopic (exact) mass is 213 g/mol. The molecule has 0 aromatic rings. The van der Waals surface area contributed by atoms with Crippen LogP contribution in [0.5, 0.6) is 0 Å². The molecule has 0 saturated carbocycles. The minimum absolute atomic E-state index is 0.236. The number of azide groups is 2. The van der Waals surface area contributed by atoms with E-state index in [-0.39, 0.29) is 13.1 Å². The highest BCUT2D eigenvalue weighted by atomic mass is 16.3. The minimum Gasteiger partial charge on any atom is -0.390 e. The highest BCUT2D eigenvalue weighted by molar-refractivity contribution is 4.94. The molecule has 9 heteroatoms. The lowest BCUT2D eigenvalue weighted by atomic mass is 10.0. The molecule has 0 radical (unpaired) electrons. The first-order chi connectivity index (χ1) is 7.20. The van der Waals surface area contributed by atoms with Crippen molar-refractivity contribution in [1.82, 2.24) is 5.32 Å². The lowest BCUT2D eigenvalue weighted by molar-refractivity contribution is 0.000155. The first-order valence-corrected chi connectivity index (χ1v) is 4.36. The Morgan fingerprint density at radius 2 is 1.40 bits per heavy atom. The van der Waals surface area contributed by atoms with Crippen molar-refractivity contribution in [1.29, 1.82) is 0 Å². The molecule has 9 nitrogen and oxygen atoms in total. The van der Waals surface area contributed by atoms with Crippen LogP contribution in [0.4, 0.5) is 0 Å². The average Bonchev–Trinajstić information content (AvgIpc) is 2.35. The van der Waals surface area contributed by atoms with Crippen LogP contribution in [0.1, 0.15) is 0 Å². The molecule has 0 spiro atoms. The van der Waals surface area contributed by atoms with Crippen molar-refractivity contribution in [3.05, 3.63) is 20.9 Å². The fourth-order valence-corrected chi connectivity index (χ4v) is 1.43. The largest absolute Gasteiger partial charge is 0.390 e. The van der Waals surface area contributed by atoms with Crippen LogP contribution in [0, 0.1) is 0 Å². The Labute approximate surface area is 85.0 Å². The van der Waals surface area contributed by atoms with Gasteiger partial charge in [0.25, 0.3) is 0 Å². The van der Waals surface area contributed by atoms with E-state index >= 15 is 0 Å². The zero-order chi connectivity index (χ0) is 11.3. The van der Waals surface area contributed by atoms with Gasteiger partial charge >= 0.3 is 0 Å². The molecule has 0 unspecified atom stereocenters. The summed E-state index contributed by atoms with van der Waals surface area (Å²) in [7, 11) is 0. The Kier molecular flexibility index (Phi) is 4.17. The third-order valence-electron chi connectivity index (χ3n) is 2.25. The van der Waals surface area contributed by atoms with E-state index in [0.717, 1.165) is 0 Å². The summed E-state index contributed by atoms with van der Waals surface area (Å²) in [6.45, 7) is 0.472. The Balaban J connectivity index is 2.81. The molecule has 3 N–H and O–H groups in total. The van der Waals surface area contributed by atoms with Gasteiger partial charge in [0.1, 0.15) is 0 Å². The molecule has 1 aliphatic rings. The number of nitrogens with zero attached hydrogens (tertiary/aromatic N) is 6. The third-order valence-corrected chi connectivity index (χ3v) is 2.25.